The molecule has 1 aromatic carbocycles. The standard InChI is InChI=1S/C22H37NO/c1-3-5-7-8-9-10-11-12-13-19-23-22(24)21-17-15-20(16-18-21)14-6-4-2/h15-18H,3-14,19H2,1-2H3,(H,23,24). The second-order valence-electron chi connectivity index (χ2n) is 6.88. The first kappa shape index (κ1) is 20.7. The monoisotopic (exact) mass is 331 g/mol. The molecule has 0 aliphatic carbocycles. The summed E-state index contributed by atoms with van der Waals surface area (Å²) < 4.78 is 0. The van der Waals surface area contributed by atoms with Gasteiger partial charge < -0.3 is 5.32 Å². The molecule has 0 heterocycles. The van der Waals surface area contributed by atoms with E-state index in [1.807, 2.05) is 12.1 Å². The van der Waals surface area contributed by atoms with Gasteiger partial charge in [0.1, 0.15) is 0 Å². The average molecular weight is 332 g/mol. The summed E-state index contributed by atoms with van der Waals surface area (Å²) in [5, 5.41) is 3.04. The Morgan fingerprint density at radius 3 is 1.88 bits per heavy atom. The predicted octanol–water partition coefficient (Wildman–Crippen LogP) is 6.29. The molecular weight excluding hydrogens is 294 g/mol. The molecule has 24 heavy (non-hydrogen) atoms. The number of aryl methyl sites for hydroxylation is 1. The van der Waals surface area contributed by atoms with E-state index in [1.54, 1.807) is 0 Å². The summed E-state index contributed by atoms with van der Waals surface area (Å²) in [5.41, 5.74) is 2.11. The Kier molecular flexibility index (Phi) is 12.2. The van der Waals surface area contributed by atoms with Crippen molar-refractivity contribution in [2.24, 2.45) is 0 Å². The van der Waals surface area contributed by atoms with Crippen LogP contribution in [-0.2, 0) is 6.42 Å². The summed E-state index contributed by atoms with van der Waals surface area (Å²) in [7, 11) is 0. The van der Waals surface area contributed by atoms with Crippen molar-refractivity contribution in [1.82, 2.24) is 5.32 Å². The maximum atomic E-state index is 12.1. The van der Waals surface area contributed by atoms with E-state index in [1.165, 1.54) is 69.8 Å². The van der Waals surface area contributed by atoms with E-state index < -0.39 is 0 Å². The lowest BCUT2D eigenvalue weighted by molar-refractivity contribution is 0.0953. The lowest BCUT2D eigenvalue weighted by Crippen LogP contribution is -2.24. The Labute approximate surface area is 149 Å². The van der Waals surface area contributed by atoms with Crippen molar-refractivity contribution in [1.29, 1.82) is 0 Å². The molecule has 2 nitrogen and oxygen atoms in total. The molecule has 0 aliphatic rings. The van der Waals surface area contributed by atoms with Gasteiger partial charge in [-0.05, 0) is 37.0 Å². The zero-order chi connectivity index (χ0) is 17.5. The Morgan fingerprint density at radius 2 is 1.29 bits per heavy atom. The fraction of sp³-hybridized carbons (Fsp3) is 0.682. The van der Waals surface area contributed by atoms with E-state index >= 15 is 0 Å². The minimum Gasteiger partial charge on any atom is -0.352 e. The zero-order valence-electron chi connectivity index (χ0n) is 15.9. The molecule has 0 fully saturated rings. The highest BCUT2D eigenvalue weighted by Gasteiger charge is 2.04. The highest BCUT2D eigenvalue weighted by Crippen LogP contribution is 2.10. The van der Waals surface area contributed by atoms with Crippen molar-refractivity contribution in [2.75, 3.05) is 6.54 Å². The summed E-state index contributed by atoms with van der Waals surface area (Å²) in [6.07, 6.45) is 15.3. The number of amides is 1. The Balaban J connectivity index is 2.05. The van der Waals surface area contributed by atoms with Gasteiger partial charge in [-0.25, -0.2) is 0 Å². The lowest BCUT2D eigenvalue weighted by atomic mass is 10.1. The van der Waals surface area contributed by atoms with Crippen LogP contribution in [0.15, 0.2) is 24.3 Å². The van der Waals surface area contributed by atoms with Crippen LogP contribution in [0.25, 0.3) is 0 Å². The fourth-order valence-corrected chi connectivity index (χ4v) is 2.94. The van der Waals surface area contributed by atoms with Crippen LogP contribution in [-0.4, -0.2) is 12.5 Å². The number of rotatable bonds is 14. The number of benzene rings is 1. The summed E-state index contributed by atoms with van der Waals surface area (Å²) in [5.74, 6) is 0.0663. The van der Waals surface area contributed by atoms with Crippen LogP contribution in [0.1, 0.15) is 100 Å². The van der Waals surface area contributed by atoms with Crippen LogP contribution in [0.3, 0.4) is 0 Å². The molecule has 0 saturated heterocycles. The second kappa shape index (κ2) is 14.1. The van der Waals surface area contributed by atoms with Gasteiger partial charge in [-0.1, -0.05) is 83.8 Å². The van der Waals surface area contributed by atoms with Crippen molar-refractivity contribution in [3.05, 3.63) is 35.4 Å². The highest BCUT2D eigenvalue weighted by molar-refractivity contribution is 5.94. The Hall–Kier alpha value is -1.31. The van der Waals surface area contributed by atoms with Crippen LogP contribution in [0.4, 0.5) is 0 Å². The SMILES string of the molecule is CCCCCCCCCCCNC(=O)c1ccc(CCCC)cc1. The first-order valence-electron chi connectivity index (χ1n) is 10.1. The summed E-state index contributed by atoms with van der Waals surface area (Å²) in [4.78, 5) is 12.1. The summed E-state index contributed by atoms with van der Waals surface area (Å²) in [6, 6.07) is 8.08. The van der Waals surface area contributed by atoms with Crippen LogP contribution in [0.5, 0.6) is 0 Å². The molecule has 136 valence electrons. The molecule has 0 unspecified atom stereocenters. The van der Waals surface area contributed by atoms with Gasteiger partial charge in [0.15, 0.2) is 0 Å². The van der Waals surface area contributed by atoms with Crippen LogP contribution >= 0.6 is 0 Å². The molecule has 1 aromatic rings. The molecule has 0 bridgehead atoms. The molecule has 1 rings (SSSR count). The number of carbonyl (C=O) groups is 1. The first-order valence-corrected chi connectivity index (χ1v) is 10.1. The van der Waals surface area contributed by atoms with E-state index in [9.17, 15) is 4.79 Å². The van der Waals surface area contributed by atoms with Gasteiger partial charge in [0.2, 0.25) is 0 Å². The molecule has 1 amide bonds. The van der Waals surface area contributed by atoms with Gasteiger partial charge in [0.25, 0.3) is 5.91 Å². The minimum atomic E-state index is 0.0663. The van der Waals surface area contributed by atoms with Gasteiger partial charge in [0.05, 0.1) is 0 Å². The van der Waals surface area contributed by atoms with Gasteiger partial charge in [-0.2, -0.15) is 0 Å². The van der Waals surface area contributed by atoms with E-state index in [0.717, 1.165) is 24.9 Å². The third kappa shape index (κ3) is 9.75. The first-order chi connectivity index (χ1) is 11.8. The number of unbranched alkanes of at least 4 members (excludes halogenated alkanes) is 9. The van der Waals surface area contributed by atoms with Gasteiger partial charge >= 0.3 is 0 Å². The third-order valence-corrected chi connectivity index (χ3v) is 4.60. The largest absolute Gasteiger partial charge is 0.352 e. The molecule has 0 spiro atoms. The number of carbonyl (C=O) groups excluding carboxylic acids is 1. The summed E-state index contributed by atoms with van der Waals surface area (Å²) in [6.45, 7) is 5.26. The molecular formula is C22H37NO. The average Bonchev–Trinajstić information content (AvgIpc) is 2.61. The lowest BCUT2D eigenvalue weighted by Gasteiger charge is -2.06. The normalized spacial score (nSPS) is 10.8. The van der Waals surface area contributed by atoms with Crippen molar-refractivity contribution < 1.29 is 4.79 Å². The number of nitrogens with one attached hydrogen (secondary N) is 1. The van der Waals surface area contributed by atoms with Crippen molar-refractivity contribution in [3.8, 4) is 0 Å². The fourth-order valence-electron chi connectivity index (χ4n) is 2.94. The molecule has 0 saturated carbocycles. The summed E-state index contributed by atoms with van der Waals surface area (Å²) >= 11 is 0. The quantitative estimate of drug-likeness (QED) is 0.399. The van der Waals surface area contributed by atoms with E-state index in [4.69, 9.17) is 0 Å². The van der Waals surface area contributed by atoms with Crippen LogP contribution < -0.4 is 5.32 Å². The maximum Gasteiger partial charge on any atom is 0.251 e. The van der Waals surface area contributed by atoms with Gasteiger partial charge in [-0.15, -0.1) is 0 Å². The van der Waals surface area contributed by atoms with Crippen LogP contribution in [0.2, 0.25) is 0 Å². The van der Waals surface area contributed by atoms with Crippen molar-refractivity contribution >= 4 is 5.91 Å². The molecule has 0 radical (unpaired) electrons. The number of hydrogen-bond donors (Lipinski definition) is 1. The van der Waals surface area contributed by atoms with E-state index in [-0.39, 0.29) is 5.91 Å². The topological polar surface area (TPSA) is 29.1 Å². The molecule has 0 atom stereocenters. The van der Waals surface area contributed by atoms with Crippen molar-refractivity contribution in [2.45, 2.75) is 90.9 Å². The Morgan fingerprint density at radius 1 is 0.750 bits per heavy atom. The number of hydrogen-bond acceptors (Lipinski definition) is 1. The molecule has 1 N–H and O–H groups in total. The zero-order valence-corrected chi connectivity index (χ0v) is 15.9. The maximum absolute atomic E-state index is 12.1. The minimum absolute atomic E-state index is 0.0663. The molecule has 2 heteroatoms. The smallest absolute Gasteiger partial charge is 0.251 e. The van der Waals surface area contributed by atoms with Gasteiger partial charge in [-0.3, -0.25) is 4.79 Å². The second-order valence-corrected chi connectivity index (χ2v) is 6.88. The van der Waals surface area contributed by atoms with Gasteiger partial charge in [0, 0.05) is 12.1 Å². The third-order valence-electron chi connectivity index (χ3n) is 4.60. The van der Waals surface area contributed by atoms with E-state index in [0.29, 0.717) is 0 Å². The van der Waals surface area contributed by atoms with Crippen LogP contribution in [0, 0.1) is 0 Å². The Bertz CT molecular complexity index is 424. The highest BCUT2D eigenvalue weighted by atomic mass is 16.1. The molecule has 0 aromatic heterocycles. The molecule has 0 aliphatic heterocycles. The van der Waals surface area contributed by atoms with Crippen molar-refractivity contribution in [3.63, 3.8) is 0 Å². The van der Waals surface area contributed by atoms with E-state index in [2.05, 4.69) is 31.3 Å². The predicted molar refractivity (Wildman–Crippen MR) is 105 cm³/mol.